The summed E-state index contributed by atoms with van der Waals surface area (Å²) in [5, 5.41) is 8.84. The zero-order chi connectivity index (χ0) is 11.5. The Morgan fingerprint density at radius 3 is 2.69 bits per heavy atom. The summed E-state index contributed by atoms with van der Waals surface area (Å²) >= 11 is 0. The molecule has 1 aliphatic heterocycles. The Kier molecular flexibility index (Phi) is 3.00. The van der Waals surface area contributed by atoms with Gasteiger partial charge in [-0.2, -0.15) is 0 Å². The molecule has 1 fully saturated rings. The van der Waals surface area contributed by atoms with Crippen LogP contribution in [0.4, 0.5) is 0 Å². The van der Waals surface area contributed by atoms with Gasteiger partial charge in [0, 0.05) is 19.1 Å². The van der Waals surface area contributed by atoms with Crippen molar-refractivity contribution < 1.29 is 19.4 Å². The summed E-state index contributed by atoms with van der Waals surface area (Å²) in [6, 6.07) is 0. The lowest BCUT2D eigenvalue weighted by Gasteiger charge is -2.19. The number of carbonyl (C=O) groups excluding carboxylic acids is 1. The molecule has 1 aliphatic rings. The maximum absolute atomic E-state index is 10.8. The number of carbonyl (C=O) groups is 2. The minimum absolute atomic E-state index is 0.0361. The number of aromatic nitrogens is 2. The number of hydrogen-bond acceptors (Lipinski definition) is 4. The summed E-state index contributed by atoms with van der Waals surface area (Å²) in [6.07, 6.45) is 2.08. The second-order valence-electron chi connectivity index (χ2n) is 3.69. The van der Waals surface area contributed by atoms with E-state index in [-0.39, 0.29) is 17.3 Å². The molecule has 0 radical (unpaired) electrons. The molecule has 0 aliphatic carbocycles. The van der Waals surface area contributed by atoms with Gasteiger partial charge in [0.15, 0.2) is 12.0 Å². The Morgan fingerprint density at radius 1 is 1.50 bits per heavy atom. The molecular weight excluding hydrogens is 212 g/mol. The van der Waals surface area contributed by atoms with Gasteiger partial charge in [-0.15, -0.1) is 0 Å². The van der Waals surface area contributed by atoms with Crippen LogP contribution >= 0.6 is 0 Å². The number of rotatable bonds is 3. The van der Waals surface area contributed by atoms with Gasteiger partial charge in [-0.25, -0.2) is 9.78 Å². The molecule has 86 valence electrons. The van der Waals surface area contributed by atoms with Crippen molar-refractivity contribution in [2.45, 2.75) is 18.8 Å². The highest BCUT2D eigenvalue weighted by Gasteiger charge is 2.23. The van der Waals surface area contributed by atoms with Gasteiger partial charge in [-0.3, -0.25) is 4.79 Å². The van der Waals surface area contributed by atoms with E-state index >= 15 is 0 Å². The molecule has 2 rings (SSSR count). The summed E-state index contributed by atoms with van der Waals surface area (Å²) in [6.45, 7) is 1.29. The lowest BCUT2D eigenvalue weighted by Crippen LogP contribution is -2.15. The molecule has 0 saturated carbocycles. The van der Waals surface area contributed by atoms with Gasteiger partial charge in [-0.05, 0) is 12.8 Å². The third-order valence-corrected chi connectivity index (χ3v) is 2.68. The lowest BCUT2D eigenvalue weighted by molar-refractivity contribution is 0.0687. The smallest absolute Gasteiger partial charge is 0.356 e. The van der Waals surface area contributed by atoms with Gasteiger partial charge in [0.05, 0.1) is 0 Å². The summed E-state index contributed by atoms with van der Waals surface area (Å²) in [7, 11) is 0. The van der Waals surface area contributed by atoms with Crippen LogP contribution in [0.2, 0.25) is 0 Å². The normalized spacial score (nSPS) is 17.2. The van der Waals surface area contributed by atoms with Crippen molar-refractivity contribution >= 4 is 12.3 Å². The number of imidazole rings is 1. The fraction of sp³-hybridized carbons (Fsp3) is 0.500. The standard InChI is InChI=1S/C10H12N2O4/c13-5-7-8(10(14)15)12-9(11-7)6-1-3-16-4-2-6/h5-6H,1-4H2,(H,11,12)(H,14,15). The topological polar surface area (TPSA) is 92.3 Å². The SMILES string of the molecule is O=Cc1[nH]c(C2CCOCC2)nc1C(=O)O. The number of nitrogens with one attached hydrogen (secondary N) is 1. The quantitative estimate of drug-likeness (QED) is 0.741. The van der Waals surface area contributed by atoms with Crippen molar-refractivity contribution in [3.8, 4) is 0 Å². The van der Waals surface area contributed by atoms with E-state index in [0.29, 0.717) is 25.3 Å². The minimum Gasteiger partial charge on any atom is -0.476 e. The van der Waals surface area contributed by atoms with Crippen molar-refractivity contribution in [3.05, 3.63) is 17.2 Å². The molecule has 1 saturated heterocycles. The Labute approximate surface area is 91.6 Å². The number of aromatic carboxylic acids is 1. The highest BCUT2D eigenvalue weighted by molar-refractivity contribution is 5.94. The van der Waals surface area contributed by atoms with Crippen molar-refractivity contribution in [2.24, 2.45) is 0 Å². The number of carboxylic acid groups (broad SMARTS) is 1. The molecule has 0 spiro atoms. The summed E-state index contributed by atoms with van der Waals surface area (Å²) < 4.78 is 5.20. The fourth-order valence-corrected chi connectivity index (χ4v) is 1.82. The van der Waals surface area contributed by atoms with E-state index in [9.17, 15) is 9.59 Å². The van der Waals surface area contributed by atoms with Crippen LogP contribution in [0.25, 0.3) is 0 Å². The summed E-state index contributed by atoms with van der Waals surface area (Å²) in [5.41, 5.74) is -0.162. The molecule has 0 amide bonds. The summed E-state index contributed by atoms with van der Waals surface area (Å²) in [4.78, 5) is 28.2. The maximum atomic E-state index is 10.8. The Bertz CT molecular complexity index is 407. The molecular formula is C10H12N2O4. The van der Waals surface area contributed by atoms with Crippen molar-refractivity contribution in [3.63, 3.8) is 0 Å². The first-order valence-electron chi connectivity index (χ1n) is 5.08. The highest BCUT2D eigenvalue weighted by Crippen LogP contribution is 2.25. The van der Waals surface area contributed by atoms with Crippen LogP contribution in [0.15, 0.2) is 0 Å². The van der Waals surface area contributed by atoms with E-state index in [0.717, 1.165) is 12.8 Å². The van der Waals surface area contributed by atoms with Crippen molar-refractivity contribution in [1.29, 1.82) is 0 Å². The first-order valence-corrected chi connectivity index (χ1v) is 5.08. The molecule has 0 unspecified atom stereocenters. The van der Waals surface area contributed by atoms with Crippen LogP contribution in [0.1, 0.15) is 45.6 Å². The predicted octanol–water partition coefficient (Wildman–Crippen LogP) is 0.814. The number of aldehydes is 1. The molecule has 0 atom stereocenters. The van der Waals surface area contributed by atoms with Crippen LogP contribution in [-0.2, 0) is 4.74 Å². The van der Waals surface area contributed by atoms with Gasteiger partial charge < -0.3 is 14.8 Å². The molecule has 0 bridgehead atoms. The number of hydrogen-bond donors (Lipinski definition) is 2. The first kappa shape index (κ1) is 10.8. The van der Waals surface area contributed by atoms with E-state index in [1.165, 1.54) is 0 Å². The van der Waals surface area contributed by atoms with Crippen LogP contribution < -0.4 is 0 Å². The lowest BCUT2D eigenvalue weighted by atomic mass is 10.00. The third-order valence-electron chi connectivity index (χ3n) is 2.68. The molecule has 2 N–H and O–H groups in total. The second kappa shape index (κ2) is 4.44. The number of H-pyrrole nitrogens is 1. The predicted molar refractivity (Wildman–Crippen MR) is 53.7 cm³/mol. The van der Waals surface area contributed by atoms with Crippen LogP contribution in [0, 0.1) is 0 Å². The van der Waals surface area contributed by atoms with Gasteiger partial charge in [0.2, 0.25) is 0 Å². The third kappa shape index (κ3) is 1.96. The molecule has 6 nitrogen and oxygen atoms in total. The fourth-order valence-electron chi connectivity index (χ4n) is 1.82. The maximum Gasteiger partial charge on any atom is 0.356 e. The molecule has 6 heteroatoms. The number of nitrogens with zero attached hydrogens (tertiary/aromatic N) is 1. The number of ether oxygens (including phenoxy) is 1. The average Bonchev–Trinajstić information content (AvgIpc) is 2.74. The monoisotopic (exact) mass is 224 g/mol. The Morgan fingerprint density at radius 2 is 2.19 bits per heavy atom. The Hall–Kier alpha value is -1.69. The highest BCUT2D eigenvalue weighted by atomic mass is 16.5. The minimum atomic E-state index is -1.18. The largest absolute Gasteiger partial charge is 0.476 e. The van der Waals surface area contributed by atoms with Crippen molar-refractivity contribution in [2.75, 3.05) is 13.2 Å². The van der Waals surface area contributed by atoms with Gasteiger partial charge in [0.1, 0.15) is 11.5 Å². The van der Waals surface area contributed by atoms with E-state index in [1.807, 2.05) is 0 Å². The molecule has 1 aromatic rings. The number of aromatic amines is 1. The molecule has 1 aromatic heterocycles. The van der Waals surface area contributed by atoms with E-state index in [4.69, 9.17) is 9.84 Å². The molecule has 2 heterocycles. The molecule has 16 heavy (non-hydrogen) atoms. The van der Waals surface area contributed by atoms with Crippen LogP contribution in [0.3, 0.4) is 0 Å². The van der Waals surface area contributed by atoms with Crippen LogP contribution in [-0.4, -0.2) is 40.5 Å². The van der Waals surface area contributed by atoms with Gasteiger partial charge >= 0.3 is 5.97 Å². The van der Waals surface area contributed by atoms with Crippen molar-refractivity contribution in [1.82, 2.24) is 9.97 Å². The van der Waals surface area contributed by atoms with E-state index in [2.05, 4.69) is 9.97 Å². The average molecular weight is 224 g/mol. The zero-order valence-corrected chi connectivity index (χ0v) is 8.60. The number of carboxylic acids is 1. The van der Waals surface area contributed by atoms with E-state index in [1.54, 1.807) is 0 Å². The van der Waals surface area contributed by atoms with Gasteiger partial charge in [-0.1, -0.05) is 0 Å². The molecule has 0 aromatic carbocycles. The van der Waals surface area contributed by atoms with Crippen LogP contribution in [0.5, 0.6) is 0 Å². The second-order valence-corrected chi connectivity index (χ2v) is 3.69. The van der Waals surface area contributed by atoms with Gasteiger partial charge in [0.25, 0.3) is 0 Å². The zero-order valence-electron chi connectivity index (χ0n) is 8.60. The first-order chi connectivity index (χ1) is 7.72. The Balaban J connectivity index is 2.27. The summed E-state index contributed by atoms with van der Waals surface area (Å²) in [5.74, 6) is -0.458. The van der Waals surface area contributed by atoms with E-state index < -0.39 is 5.97 Å².